The Morgan fingerprint density at radius 1 is 1.46 bits per heavy atom. The number of carboxylic acids is 1. The quantitative estimate of drug-likeness (QED) is 0.553. The third-order valence-corrected chi connectivity index (χ3v) is 1.64. The number of carbonyl (C=O) groups is 2. The Labute approximate surface area is 79.9 Å². The zero-order valence-electron chi connectivity index (χ0n) is 8.03. The van der Waals surface area contributed by atoms with Crippen molar-refractivity contribution in [2.75, 3.05) is 0 Å². The fourth-order valence-corrected chi connectivity index (χ4v) is 0.842. The van der Waals surface area contributed by atoms with Gasteiger partial charge in [0.2, 0.25) is 0 Å². The molecule has 0 amide bonds. The van der Waals surface area contributed by atoms with Crippen LogP contribution in [0.3, 0.4) is 0 Å². The smallest absolute Gasteiger partial charge is 0.310 e. The van der Waals surface area contributed by atoms with E-state index in [-0.39, 0.29) is 6.42 Å². The first-order chi connectivity index (χ1) is 5.72. The number of hydrogen-bond donors (Lipinski definition) is 1. The summed E-state index contributed by atoms with van der Waals surface area (Å²) in [4.78, 5) is 21.4. The normalized spacial score (nSPS) is 13.5. The van der Waals surface area contributed by atoms with Gasteiger partial charge in [0.15, 0.2) is 0 Å². The molecule has 4 nitrogen and oxygen atoms in total. The fourth-order valence-electron chi connectivity index (χ4n) is 0.650. The first-order valence-electron chi connectivity index (χ1n) is 3.92. The highest BCUT2D eigenvalue weighted by atomic mass is 31.0. The summed E-state index contributed by atoms with van der Waals surface area (Å²) in [5, 5.41) is 8.50. The first kappa shape index (κ1) is 12.4. The highest BCUT2D eigenvalue weighted by Crippen LogP contribution is 2.12. The molecule has 5 heteroatoms. The van der Waals surface area contributed by atoms with Crippen molar-refractivity contribution < 1.29 is 19.4 Å². The third kappa shape index (κ3) is 6.52. The fraction of sp³-hybridized carbons (Fsp3) is 0.750. The van der Waals surface area contributed by atoms with Gasteiger partial charge in [-0.2, -0.15) is 0 Å². The van der Waals surface area contributed by atoms with E-state index in [1.807, 2.05) is 0 Å². The van der Waals surface area contributed by atoms with Crippen molar-refractivity contribution in [1.29, 1.82) is 0 Å². The number of ether oxygens (including phenoxy) is 1. The second kappa shape index (κ2) is 4.56. The zero-order valence-corrected chi connectivity index (χ0v) is 9.19. The summed E-state index contributed by atoms with van der Waals surface area (Å²) in [6.07, 6.45) is -0.114. The molecule has 0 aromatic carbocycles. The summed E-state index contributed by atoms with van der Waals surface area (Å²) in [5.74, 6) is -1.51. The Hall–Kier alpha value is -0.630. The van der Waals surface area contributed by atoms with Crippen LogP contribution < -0.4 is 0 Å². The summed E-state index contributed by atoms with van der Waals surface area (Å²) in [5.41, 5.74) is -1.32. The third-order valence-electron chi connectivity index (χ3n) is 1.12. The standard InChI is InChI=1S/C8H15O4P/c1-8(2,3)12-6(9)4-5(13)7(10)11/h5H,4,13H2,1-3H3,(H,10,11)/t5-/m0/s1. The molecule has 0 aliphatic carbocycles. The largest absolute Gasteiger partial charge is 0.481 e. The van der Waals surface area contributed by atoms with Crippen molar-refractivity contribution in [3.05, 3.63) is 0 Å². The van der Waals surface area contributed by atoms with Gasteiger partial charge >= 0.3 is 11.9 Å². The van der Waals surface area contributed by atoms with E-state index in [4.69, 9.17) is 9.84 Å². The molecule has 2 atom stereocenters. The molecular formula is C8H15O4P. The first-order valence-corrected chi connectivity index (χ1v) is 4.59. The average molecular weight is 206 g/mol. The van der Waals surface area contributed by atoms with E-state index in [0.29, 0.717) is 0 Å². The predicted octanol–water partition coefficient (Wildman–Crippen LogP) is 1.05. The Kier molecular flexibility index (Phi) is 4.34. The van der Waals surface area contributed by atoms with Gasteiger partial charge in [0.05, 0.1) is 12.1 Å². The van der Waals surface area contributed by atoms with E-state index in [0.717, 1.165) is 0 Å². The molecule has 76 valence electrons. The van der Waals surface area contributed by atoms with Gasteiger partial charge in [-0.25, -0.2) is 0 Å². The van der Waals surface area contributed by atoms with Crippen LogP contribution >= 0.6 is 9.24 Å². The van der Waals surface area contributed by atoms with Crippen molar-refractivity contribution in [3.63, 3.8) is 0 Å². The molecule has 0 saturated heterocycles. The Morgan fingerprint density at radius 2 is 1.92 bits per heavy atom. The maximum absolute atomic E-state index is 11.1. The molecule has 0 saturated carbocycles. The highest BCUT2D eigenvalue weighted by molar-refractivity contribution is 7.19. The lowest BCUT2D eigenvalue weighted by atomic mass is 10.2. The van der Waals surface area contributed by atoms with E-state index < -0.39 is 23.2 Å². The molecule has 1 N–H and O–H groups in total. The van der Waals surface area contributed by atoms with E-state index >= 15 is 0 Å². The molecule has 0 aliphatic heterocycles. The van der Waals surface area contributed by atoms with Gasteiger partial charge in [0.25, 0.3) is 0 Å². The molecule has 1 unspecified atom stereocenters. The molecule has 0 radical (unpaired) electrons. The second-order valence-corrected chi connectivity index (χ2v) is 4.54. The molecule has 0 bridgehead atoms. The molecule has 0 fully saturated rings. The van der Waals surface area contributed by atoms with Crippen LogP contribution in [0.25, 0.3) is 0 Å². The number of rotatable bonds is 3. The summed E-state index contributed by atoms with van der Waals surface area (Å²) in [7, 11) is 2.09. The zero-order chi connectivity index (χ0) is 10.6. The summed E-state index contributed by atoms with van der Waals surface area (Å²) < 4.78 is 4.94. The Bertz CT molecular complexity index is 207. The van der Waals surface area contributed by atoms with E-state index in [2.05, 4.69) is 9.24 Å². The van der Waals surface area contributed by atoms with Gasteiger partial charge in [-0.1, -0.05) is 0 Å². The number of esters is 1. The summed E-state index contributed by atoms with van der Waals surface area (Å²) >= 11 is 0. The molecule has 0 spiro atoms. The molecule has 0 aliphatic rings. The van der Waals surface area contributed by atoms with Crippen LogP contribution in [-0.4, -0.2) is 28.3 Å². The molecule has 0 aromatic heterocycles. The van der Waals surface area contributed by atoms with Gasteiger partial charge in [-0.15, -0.1) is 9.24 Å². The van der Waals surface area contributed by atoms with Crippen LogP contribution in [0.15, 0.2) is 0 Å². The minimum atomic E-state index is -1.02. The molecular weight excluding hydrogens is 191 g/mol. The lowest BCUT2D eigenvalue weighted by Crippen LogP contribution is -2.27. The average Bonchev–Trinajstić information content (AvgIpc) is 1.81. The van der Waals surface area contributed by atoms with Crippen LogP contribution in [0.1, 0.15) is 27.2 Å². The van der Waals surface area contributed by atoms with Crippen LogP contribution in [0.5, 0.6) is 0 Å². The molecule has 13 heavy (non-hydrogen) atoms. The van der Waals surface area contributed by atoms with Gasteiger partial charge in [-0.05, 0) is 20.8 Å². The highest BCUT2D eigenvalue weighted by Gasteiger charge is 2.21. The van der Waals surface area contributed by atoms with Crippen molar-refractivity contribution in [3.8, 4) is 0 Å². The van der Waals surface area contributed by atoms with Gasteiger partial charge < -0.3 is 9.84 Å². The van der Waals surface area contributed by atoms with Gasteiger partial charge in [-0.3, -0.25) is 9.59 Å². The van der Waals surface area contributed by atoms with Crippen molar-refractivity contribution >= 4 is 21.2 Å². The van der Waals surface area contributed by atoms with E-state index in [9.17, 15) is 9.59 Å². The molecule has 0 aromatic rings. The Morgan fingerprint density at radius 3 is 2.23 bits per heavy atom. The summed E-state index contributed by atoms with van der Waals surface area (Å²) in [6, 6.07) is 0. The van der Waals surface area contributed by atoms with E-state index in [1.54, 1.807) is 20.8 Å². The van der Waals surface area contributed by atoms with Crippen LogP contribution in [-0.2, 0) is 14.3 Å². The molecule has 0 heterocycles. The van der Waals surface area contributed by atoms with Crippen molar-refractivity contribution in [2.24, 2.45) is 0 Å². The van der Waals surface area contributed by atoms with Crippen LogP contribution in [0.4, 0.5) is 0 Å². The SMILES string of the molecule is CC(C)(C)OC(=O)C[C@H](P)C(=O)O. The monoisotopic (exact) mass is 206 g/mol. The minimum absolute atomic E-state index is 0.114. The number of carboxylic acid groups (broad SMARTS) is 1. The Balaban J connectivity index is 3.96. The van der Waals surface area contributed by atoms with Crippen molar-refractivity contribution in [1.82, 2.24) is 0 Å². The molecule has 0 rings (SSSR count). The second-order valence-electron chi connectivity index (χ2n) is 3.74. The maximum Gasteiger partial charge on any atom is 0.310 e. The van der Waals surface area contributed by atoms with Gasteiger partial charge in [0.1, 0.15) is 5.60 Å². The minimum Gasteiger partial charge on any atom is -0.481 e. The van der Waals surface area contributed by atoms with Crippen LogP contribution in [0.2, 0.25) is 0 Å². The van der Waals surface area contributed by atoms with E-state index in [1.165, 1.54) is 0 Å². The lowest BCUT2D eigenvalue weighted by molar-refractivity contribution is -0.156. The lowest BCUT2D eigenvalue weighted by Gasteiger charge is -2.19. The number of carbonyl (C=O) groups excluding carboxylic acids is 1. The summed E-state index contributed by atoms with van der Waals surface area (Å²) in [6.45, 7) is 5.22. The predicted molar refractivity (Wildman–Crippen MR) is 51.6 cm³/mol. The van der Waals surface area contributed by atoms with Gasteiger partial charge in [0, 0.05) is 0 Å². The van der Waals surface area contributed by atoms with Crippen LogP contribution in [0, 0.1) is 0 Å². The number of aliphatic carboxylic acids is 1. The van der Waals surface area contributed by atoms with Crippen molar-refractivity contribution in [2.45, 2.75) is 38.5 Å². The maximum atomic E-state index is 11.1. The topological polar surface area (TPSA) is 63.6 Å². The number of hydrogen-bond acceptors (Lipinski definition) is 3.